The van der Waals surface area contributed by atoms with Gasteiger partial charge in [0.1, 0.15) is 0 Å². The van der Waals surface area contributed by atoms with Crippen molar-refractivity contribution in [2.45, 2.75) is 12.5 Å². The van der Waals surface area contributed by atoms with E-state index in [-0.39, 0.29) is 6.04 Å². The molecule has 1 unspecified atom stereocenters. The average molecular weight is 293 g/mol. The number of ether oxygens (including phenoxy) is 2. The molecule has 0 spiro atoms. The van der Waals surface area contributed by atoms with E-state index >= 15 is 0 Å². The van der Waals surface area contributed by atoms with Gasteiger partial charge in [-0.05, 0) is 38.8 Å². The van der Waals surface area contributed by atoms with E-state index in [0.29, 0.717) is 13.2 Å². The molecule has 21 heavy (non-hydrogen) atoms. The van der Waals surface area contributed by atoms with Crippen LogP contribution < -0.4 is 15.2 Å². The Bertz CT molecular complexity index is 451. The first-order valence-electron chi connectivity index (χ1n) is 7.56. The molecule has 2 N–H and O–H groups in total. The van der Waals surface area contributed by atoms with E-state index in [1.165, 1.54) is 5.56 Å². The number of nitrogens with zero attached hydrogens (tertiary/aromatic N) is 2. The Labute approximate surface area is 127 Å². The van der Waals surface area contributed by atoms with Crippen LogP contribution in [0.1, 0.15) is 18.0 Å². The molecule has 1 aromatic rings. The molecule has 0 radical (unpaired) electrons. The highest BCUT2D eigenvalue weighted by atomic mass is 16.5. The molecule has 1 aliphatic rings. The van der Waals surface area contributed by atoms with E-state index in [1.807, 2.05) is 6.07 Å². The summed E-state index contributed by atoms with van der Waals surface area (Å²) in [5.74, 6) is 1.67. The van der Waals surface area contributed by atoms with Crippen LogP contribution in [0.5, 0.6) is 11.5 Å². The minimum Gasteiger partial charge on any atom is -0.490 e. The summed E-state index contributed by atoms with van der Waals surface area (Å²) in [6.45, 7) is 4.00. The van der Waals surface area contributed by atoms with Crippen LogP contribution in [-0.2, 0) is 0 Å². The second kappa shape index (κ2) is 7.64. The topological polar surface area (TPSA) is 51.0 Å². The molecular weight excluding hydrogens is 266 g/mol. The van der Waals surface area contributed by atoms with Gasteiger partial charge in [0.25, 0.3) is 0 Å². The fraction of sp³-hybridized carbons (Fsp3) is 0.625. The second-order valence-corrected chi connectivity index (χ2v) is 5.79. The monoisotopic (exact) mass is 293 g/mol. The van der Waals surface area contributed by atoms with Gasteiger partial charge in [-0.3, -0.25) is 4.90 Å². The third-order valence-corrected chi connectivity index (χ3v) is 3.81. The van der Waals surface area contributed by atoms with Gasteiger partial charge in [-0.2, -0.15) is 0 Å². The zero-order valence-electron chi connectivity index (χ0n) is 13.3. The first-order chi connectivity index (χ1) is 10.1. The van der Waals surface area contributed by atoms with Crippen LogP contribution in [0.4, 0.5) is 0 Å². The number of hydrogen-bond acceptors (Lipinski definition) is 5. The zero-order chi connectivity index (χ0) is 15.2. The van der Waals surface area contributed by atoms with Gasteiger partial charge in [0, 0.05) is 32.1 Å². The third-order valence-electron chi connectivity index (χ3n) is 3.81. The summed E-state index contributed by atoms with van der Waals surface area (Å²) in [6.07, 6.45) is 0.924. The molecule has 1 heterocycles. The lowest BCUT2D eigenvalue weighted by atomic mass is 10.0. The van der Waals surface area contributed by atoms with Crippen LogP contribution in [0.15, 0.2) is 18.2 Å². The highest BCUT2D eigenvalue weighted by Gasteiger charge is 2.18. The molecular formula is C16H27N3O2. The zero-order valence-corrected chi connectivity index (χ0v) is 13.3. The largest absolute Gasteiger partial charge is 0.490 e. The molecule has 0 fully saturated rings. The summed E-state index contributed by atoms with van der Waals surface area (Å²) in [5.41, 5.74) is 7.18. The van der Waals surface area contributed by atoms with Gasteiger partial charge in [-0.15, -0.1) is 0 Å². The number of rotatable bonds is 6. The molecule has 5 heteroatoms. The standard InChI is InChI=1S/C16H27N3O2/c1-18(2)7-8-19(3)14(12-17)13-5-6-15-16(11-13)21-10-4-9-20-15/h5-6,11,14H,4,7-10,12,17H2,1-3H3. The minimum absolute atomic E-state index is 0.196. The smallest absolute Gasteiger partial charge is 0.161 e. The molecule has 118 valence electrons. The molecule has 0 saturated carbocycles. The van der Waals surface area contributed by atoms with Crippen molar-refractivity contribution in [3.63, 3.8) is 0 Å². The molecule has 0 amide bonds. The van der Waals surface area contributed by atoms with Gasteiger partial charge < -0.3 is 20.1 Å². The molecule has 0 bridgehead atoms. The maximum Gasteiger partial charge on any atom is 0.161 e. The van der Waals surface area contributed by atoms with Crippen molar-refractivity contribution in [3.05, 3.63) is 23.8 Å². The van der Waals surface area contributed by atoms with Crippen LogP contribution in [0.25, 0.3) is 0 Å². The molecule has 0 aliphatic carbocycles. The first-order valence-corrected chi connectivity index (χ1v) is 7.56. The van der Waals surface area contributed by atoms with Gasteiger partial charge in [0.2, 0.25) is 0 Å². The van der Waals surface area contributed by atoms with Gasteiger partial charge in [-0.25, -0.2) is 0 Å². The minimum atomic E-state index is 0.196. The molecule has 0 saturated heterocycles. The van der Waals surface area contributed by atoms with Crippen molar-refractivity contribution in [2.75, 3.05) is 54.0 Å². The molecule has 1 aromatic carbocycles. The first kappa shape index (κ1) is 16.1. The molecule has 0 aromatic heterocycles. The van der Waals surface area contributed by atoms with Gasteiger partial charge >= 0.3 is 0 Å². The lowest BCUT2D eigenvalue weighted by Gasteiger charge is -2.28. The number of nitrogens with two attached hydrogens (primary N) is 1. The quantitative estimate of drug-likeness (QED) is 0.858. The fourth-order valence-electron chi connectivity index (χ4n) is 2.47. The molecule has 1 aliphatic heterocycles. The summed E-state index contributed by atoms with van der Waals surface area (Å²) in [7, 11) is 6.28. The Morgan fingerprint density at radius 1 is 1.10 bits per heavy atom. The Balaban J connectivity index is 2.12. The van der Waals surface area contributed by atoms with Crippen molar-refractivity contribution < 1.29 is 9.47 Å². The Kier molecular flexibility index (Phi) is 5.85. The molecule has 5 nitrogen and oxygen atoms in total. The lowest BCUT2D eigenvalue weighted by molar-refractivity contribution is 0.222. The predicted octanol–water partition coefficient (Wildman–Crippen LogP) is 1.34. The van der Waals surface area contributed by atoms with Gasteiger partial charge in [0.15, 0.2) is 11.5 Å². The van der Waals surface area contributed by atoms with E-state index < -0.39 is 0 Å². The van der Waals surface area contributed by atoms with Crippen LogP contribution in [0.3, 0.4) is 0 Å². The number of hydrogen-bond donors (Lipinski definition) is 1. The summed E-state index contributed by atoms with van der Waals surface area (Å²) >= 11 is 0. The number of likely N-dealkylation sites (N-methyl/N-ethyl adjacent to an activating group) is 2. The third kappa shape index (κ3) is 4.33. The molecule has 2 rings (SSSR count). The van der Waals surface area contributed by atoms with Gasteiger partial charge in [-0.1, -0.05) is 6.07 Å². The highest BCUT2D eigenvalue weighted by Crippen LogP contribution is 2.33. The van der Waals surface area contributed by atoms with Crippen molar-refractivity contribution in [1.29, 1.82) is 0 Å². The van der Waals surface area contributed by atoms with E-state index in [2.05, 4.69) is 43.1 Å². The Morgan fingerprint density at radius 3 is 2.48 bits per heavy atom. The van der Waals surface area contributed by atoms with E-state index in [4.69, 9.17) is 15.2 Å². The predicted molar refractivity (Wildman–Crippen MR) is 85.0 cm³/mol. The Hall–Kier alpha value is -1.30. The van der Waals surface area contributed by atoms with Crippen LogP contribution >= 0.6 is 0 Å². The normalized spacial score (nSPS) is 16.1. The summed E-state index contributed by atoms with van der Waals surface area (Å²) in [4.78, 5) is 4.47. The van der Waals surface area contributed by atoms with E-state index in [1.54, 1.807) is 0 Å². The summed E-state index contributed by atoms with van der Waals surface area (Å²) in [6, 6.07) is 6.36. The van der Waals surface area contributed by atoms with E-state index in [0.717, 1.165) is 37.6 Å². The van der Waals surface area contributed by atoms with Crippen molar-refractivity contribution in [2.24, 2.45) is 5.73 Å². The van der Waals surface area contributed by atoms with Crippen LogP contribution in [-0.4, -0.2) is 63.8 Å². The van der Waals surface area contributed by atoms with E-state index in [9.17, 15) is 0 Å². The van der Waals surface area contributed by atoms with Crippen LogP contribution in [0.2, 0.25) is 0 Å². The Morgan fingerprint density at radius 2 is 1.81 bits per heavy atom. The van der Waals surface area contributed by atoms with Gasteiger partial charge in [0.05, 0.1) is 13.2 Å². The maximum absolute atomic E-state index is 5.99. The number of benzene rings is 1. The van der Waals surface area contributed by atoms with Crippen molar-refractivity contribution in [1.82, 2.24) is 9.80 Å². The molecule has 1 atom stereocenters. The lowest BCUT2D eigenvalue weighted by Crippen LogP contribution is -2.35. The highest BCUT2D eigenvalue weighted by molar-refractivity contribution is 5.44. The maximum atomic E-state index is 5.99. The average Bonchev–Trinajstić information content (AvgIpc) is 2.70. The fourth-order valence-corrected chi connectivity index (χ4v) is 2.47. The summed E-state index contributed by atoms with van der Waals surface area (Å²) < 4.78 is 11.4. The van der Waals surface area contributed by atoms with Crippen molar-refractivity contribution in [3.8, 4) is 11.5 Å². The van der Waals surface area contributed by atoms with Crippen LogP contribution in [0, 0.1) is 0 Å². The number of fused-ring (bicyclic) bond motifs is 1. The second-order valence-electron chi connectivity index (χ2n) is 5.79. The van der Waals surface area contributed by atoms with Crippen molar-refractivity contribution >= 4 is 0 Å². The SMILES string of the molecule is CN(C)CCN(C)C(CN)c1ccc2c(c1)OCCCO2. The summed E-state index contributed by atoms with van der Waals surface area (Å²) in [5, 5.41) is 0.